The largest absolute Gasteiger partial charge is 0.481 e. The molecular weight excluding hydrogens is 226 g/mol. The first-order chi connectivity index (χ1) is 8.57. The Labute approximate surface area is 108 Å². The summed E-state index contributed by atoms with van der Waals surface area (Å²) in [6.07, 6.45) is 5.25. The fourth-order valence-corrected chi connectivity index (χ4v) is 2.60. The normalized spacial score (nSPS) is 17.8. The molecule has 0 unspecified atom stereocenters. The maximum Gasteiger partial charge on any atom is 0.307 e. The summed E-state index contributed by atoms with van der Waals surface area (Å²) in [4.78, 5) is 10.6. The van der Waals surface area contributed by atoms with Crippen molar-refractivity contribution < 1.29 is 9.90 Å². The second-order valence-electron chi connectivity index (χ2n) is 5.51. The SMILES string of the molecule is CC1(NCc2ccc(CC(=O)O)cc2)CCCC1. The number of carboxylic acid groups (broad SMARTS) is 1. The van der Waals surface area contributed by atoms with E-state index in [0.29, 0.717) is 5.54 Å². The summed E-state index contributed by atoms with van der Waals surface area (Å²) in [5.74, 6) is -0.778. The van der Waals surface area contributed by atoms with Crippen LogP contribution in [0.4, 0.5) is 0 Å². The molecule has 0 aromatic heterocycles. The number of hydrogen-bond acceptors (Lipinski definition) is 2. The average Bonchev–Trinajstić information content (AvgIpc) is 2.75. The first-order valence-electron chi connectivity index (χ1n) is 6.62. The Morgan fingerprint density at radius 1 is 1.22 bits per heavy atom. The standard InChI is InChI=1S/C15H21NO2/c1-15(8-2-3-9-15)16-11-13-6-4-12(5-7-13)10-14(17)18/h4-7,16H,2-3,8-11H2,1H3,(H,17,18). The number of hydrogen-bond donors (Lipinski definition) is 2. The highest BCUT2D eigenvalue weighted by Crippen LogP contribution is 2.29. The smallest absolute Gasteiger partial charge is 0.307 e. The predicted molar refractivity (Wildman–Crippen MR) is 71.5 cm³/mol. The molecule has 1 fully saturated rings. The summed E-state index contributed by atoms with van der Waals surface area (Å²) >= 11 is 0. The lowest BCUT2D eigenvalue weighted by Gasteiger charge is -2.25. The number of carbonyl (C=O) groups is 1. The van der Waals surface area contributed by atoms with E-state index in [4.69, 9.17) is 5.11 Å². The van der Waals surface area contributed by atoms with Gasteiger partial charge >= 0.3 is 5.97 Å². The monoisotopic (exact) mass is 247 g/mol. The highest BCUT2D eigenvalue weighted by atomic mass is 16.4. The van der Waals surface area contributed by atoms with E-state index in [1.807, 2.05) is 24.3 Å². The minimum Gasteiger partial charge on any atom is -0.481 e. The zero-order valence-corrected chi connectivity index (χ0v) is 10.9. The topological polar surface area (TPSA) is 49.3 Å². The van der Waals surface area contributed by atoms with Gasteiger partial charge in [-0.25, -0.2) is 0 Å². The van der Waals surface area contributed by atoms with Gasteiger partial charge in [0.1, 0.15) is 0 Å². The van der Waals surface area contributed by atoms with Crippen LogP contribution >= 0.6 is 0 Å². The molecule has 1 aromatic rings. The van der Waals surface area contributed by atoms with Crippen LogP contribution in [0.2, 0.25) is 0 Å². The molecule has 0 saturated heterocycles. The van der Waals surface area contributed by atoms with E-state index in [1.165, 1.54) is 31.2 Å². The van der Waals surface area contributed by atoms with E-state index in [9.17, 15) is 4.79 Å². The Kier molecular flexibility index (Phi) is 4.02. The minimum atomic E-state index is -0.778. The van der Waals surface area contributed by atoms with Crippen molar-refractivity contribution in [3.05, 3.63) is 35.4 Å². The average molecular weight is 247 g/mol. The zero-order chi connectivity index (χ0) is 13.0. The molecule has 18 heavy (non-hydrogen) atoms. The third kappa shape index (κ3) is 3.57. The summed E-state index contributed by atoms with van der Waals surface area (Å²) < 4.78 is 0. The van der Waals surface area contributed by atoms with Gasteiger partial charge < -0.3 is 10.4 Å². The maximum absolute atomic E-state index is 10.6. The van der Waals surface area contributed by atoms with Crippen LogP contribution in [-0.2, 0) is 17.8 Å². The van der Waals surface area contributed by atoms with E-state index in [-0.39, 0.29) is 6.42 Å². The van der Waals surface area contributed by atoms with Crippen LogP contribution in [0.15, 0.2) is 24.3 Å². The fraction of sp³-hybridized carbons (Fsp3) is 0.533. The van der Waals surface area contributed by atoms with E-state index in [1.54, 1.807) is 0 Å². The van der Waals surface area contributed by atoms with Gasteiger partial charge in [-0.15, -0.1) is 0 Å². The highest BCUT2D eigenvalue weighted by molar-refractivity contribution is 5.70. The van der Waals surface area contributed by atoms with Gasteiger partial charge in [-0.2, -0.15) is 0 Å². The van der Waals surface area contributed by atoms with Gasteiger partial charge in [0.15, 0.2) is 0 Å². The van der Waals surface area contributed by atoms with E-state index in [0.717, 1.165) is 12.1 Å². The Morgan fingerprint density at radius 2 is 1.78 bits per heavy atom. The number of carboxylic acids is 1. The molecule has 1 aliphatic carbocycles. The molecule has 0 amide bonds. The quantitative estimate of drug-likeness (QED) is 0.841. The summed E-state index contributed by atoms with van der Waals surface area (Å²) in [5.41, 5.74) is 2.37. The van der Waals surface area contributed by atoms with Crippen molar-refractivity contribution in [3.8, 4) is 0 Å². The van der Waals surface area contributed by atoms with Crippen LogP contribution < -0.4 is 5.32 Å². The molecule has 1 aromatic carbocycles. The third-order valence-corrected chi connectivity index (χ3v) is 3.80. The van der Waals surface area contributed by atoms with E-state index >= 15 is 0 Å². The lowest BCUT2D eigenvalue weighted by Crippen LogP contribution is -2.38. The van der Waals surface area contributed by atoms with Gasteiger partial charge in [0.2, 0.25) is 0 Å². The Morgan fingerprint density at radius 3 is 2.33 bits per heavy atom. The zero-order valence-electron chi connectivity index (χ0n) is 10.9. The molecule has 2 rings (SSSR count). The van der Waals surface area contributed by atoms with Crippen molar-refractivity contribution >= 4 is 5.97 Å². The van der Waals surface area contributed by atoms with Crippen LogP contribution in [0, 0.1) is 0 Å². The van der Waals surface area contributed by atoms with Gasteiger partial charge in [0, 0.05) is 12.1 Å². The Bertz CT molecular complexity index is 405. The third-order valence-electron chi connectivity index (χ3n) is 3.80. The van der Waals surface area contributed by atoms with Crippen LogP contribution in [0.5, 0.6) is 0 Å². The number of benzene rings is 1. The fourth-order valence-electron chi connectivity index (χ4n) is 2.60. The van der Waals surface area contributed by atoms with Crippen molar-refractivity contribution in [3.63, 3.8) is 0 Å². The molecule has 98 valence electrons. The van der Waals surface area contributed by atoms with Crippen molar-refractivity contribution in [2.75, 3.05) is 0 Å². The second-order valence-corrected chi connectivity index (χ2v) is 5.51. The van der Waals surface area contributed by atoms with E-state index < -0.39 is 5.97 Å². The molecule has 1 saturated carbocycles. The summed E-state index contributed by atoms with van der Waals surface area (Å²) in [6.45, 7) is 3.16. The molecule has 2 N–H and O–H groups in total. The first kappa shape index (κ1) is 13.1. The molecule has 3 nitrogen and oxygen atoms in total. The van der Waals surface area contributed by atoms with Crippen molar-refractivity contribution in [2.24, 2.45) is 0 Å². The molecule has 0 bridgehead atoms. The Balaban J connectivity index is 1.88. The first-order valence-corrected chi connectivity index (χ1v) is 6.62. The van der Waals surface area contributed by atoms with Crippen LogP contribution in [-0.4, -0.2) is 16.6 Å². The summed E-state index contributed by atoms with van der Waals surface area (Å²) in [7, 11) is 0. The van der Waals surface area contributed by atoms with Crippen LogP contribution in [0.3, 0.4) is 0 Å². The molecule has 0 heterocycles. The highest BCUT2D eigenvalue weighted by Gasteiger charge is 2.27. The molecule has 1 aliphatic rings. The molecule has 0 aliphatic heterocycles. The van der Waals surface area contributed by atoms with Crippen molar-refractivity contribution in [1.29, 1.82) is 0 Å². The van der Waals surface area contributed by atoms with Gasteiger partial charge in [-0.3, -0.25) is 4.79 Å². The van der Waals surface area contributed by atoms with E-state index in [2.05, 4.69) is 12.2 Å². The van der Waals surface area contributed by atoms with Crippen molar-refractivity contribution in [1.82, 2.24) is 5.32 Å². The maximum atomic E-state index is 10.6. The number of rotatable bonds is 5. The predicted octanol–water partition coefficient (Wildman–Crippen LogP) is 2.74. The Hall–Kier alpha value is -1.35. The lowest BCUT2D eigenvalue weighted by atomic mass is 10.00. The molecule has 0 radical (unpaired) electrons. The van der Waals surface area contributed by atoms with Crippen LogP contribution in [0.1, 0.15) is 43.7 Å². The molecule has 0 atom stereocenters. The number of nitrogens with one attached hydrogen (secondary N) is 1. The number of aliphatic carboxylic acids is 1. The van der Waals surface area contributed by atoms with Crippen molar-refractivity contribution in [2.45, 2.75) is 51.1 Å². The lowest BCUT2D eigenvalue weighted by molar-refractivity contribution is -0.136. The summed E-state index contributed by atoms with van der Waals surface area (Å²) in [6, 6.07) is 7.84. The molecule has 0 spiro atoms. The summed E-state index contributed by atoms with van der Waals surface area (Å²) in [5, 5.41) is 12.3. The van der Waals surface area contributed by atoms with Gasteiger partial charge in [0.25, 0.3) is 0 Å². The molecule has 3 heteroatoms. The van der Waals surface area contributed by atoms with Gasteiger partial charge in [-0.05, 0) is 30.9 Å². The molecular formula is C15H21NO2. The van der Waals surface area contributed by atoms with Gasteiger partial charge in [-0.1, -0.05) is 37.1 Å². The van der Waals surface area contributed by atoms with Crippen LogP contribution in [0.25, 0.3) is 0 Å². The minimum absolute atomic E-state index is 0.103. The second kappa shape index (κ2) is 5.53. The van der Waals surface area contributed by atoms with Gasteiger partial charge in [0.05, 0.1) is 6.42 Å².